The monoisotopic (exact) mass is 598 g/mol. The molecule has 0 amide bonds. The lowest BCUT2D eigenvalue weighted by Gasteiger charge is -2.29. The molecule has 0 spiro atoms. The van der Waals surface area contributed by atoms with Crippen LogP contribution in [-0.2, 0) is 38.5 Å². The van der Waals surface area contributed by atoms with Gasteiger partial charge in [-0.1, -0.05) is 50.0 Å². The molecule has 3 rings (SSSR count). The van der Waals surface area contributed by atoms with E-state index in [0.717, 1.165) is 22.5 Å². The zero-order chi connectivity index (χ0) is 30.0. The largest absolute Gasteiger partial charge is 0.469 e. The SMILES string of the molecule is COC(=O)CC(COC[C@@H]1CCCN1c1cnn(COCC[Si](C)(C)C)c(=O)c1C(F)(F)F)NCc1ccccc1. The van der Waals surface area contributed by atoms with Gasteiger partial charge in [0.25, 0.3) is 5.56 Å². The van der Waals surface area contributed by atoms with Crippen LogP contribution in [0.5, 0.6) is 0 Å². The molecule has 1 unspecified atom stereocenters. The summed E-state index contributed by atoms with van der Waals surface area (Å²) in [5.41, 5.74) is -1.69. The minimum Gasteiger partial charge on any atom is -0.469 e. The van der Waals surface area contributed by atoms with Crippen LogP contribution in [0.4, 0.5) is 18.9 Å². The number of anilines is 1. The average molecular weight is 599 g/mol. The molecule has 1 aromatic carbocycles. The van der Waals surface area contributed by atoms with Crippen LogP contribution in [0.1, 0.15) is 30.4 Å². The van der Waals surface area contributed by atoms with Gasteiger partial charge in [0.05, 0.1) is 44.7 Å². The second kappa shape index (κ2) is 14.9. The number of methoxy groups -OCH3 is 1. The molecule has 0 bridgehead atoms. The van der Waals surface area contributed by atoms with E-state index >= 15 is 0 Å². The molecule has 1 aliphatic rings. The van der Waals surface area contributed by atoms with Crippen molar-refractivity contribution in [3.05, 3.63) is 58.0 Å². The molecule has 1 fully saturated rings. The standard InChI is InChI=1S/C28H41F3N4O5Si/c1-38-25(36)15-22(32-16-21-9-6-5-7-10-21)18-40-19-23-11-8-12-34(23)24-17-33-35(20-39-13-14-41(2,3)4)27(37)26(24)28(29,30)31/h5-7,9-10,17,22-23,32H,8,11-16,18-20H2,1-4H3/t22?,23-/m0/s1. The fourth-order valence-electron chi connectivity index (χ4n) is 4.59. The first kappa shape index (κ1) is 32.8. The van der Waals surface area contributed by atoms with Gasteiger partial charge in [-0.05, 0) is 24.4 Å². The van der Waals surface area contributed by atoms with Crippen LogP contribution in [0, 0.1) is 0 Å². The number of benzene rings is 1. The van der Waals surface area contributed by atoms with E-state index in [2.05, 4.69) is 30.1 Å². The van der Waals surface area contributed by atoms with Gasteiger partial charge in [-0.2, -0.15) is 18.3 Å². The van der Waals surface area contributed by atoms with Gasteiger partial charge in [0.15, 0.2) is 0 Å². The zero-order valence-corrected chi connectivity index (χ0v) is 25.2. The normalized spacial score (nSPS) is 16.7. The lowest BCUT2D eigenvalue weighted by Crippen LogP contribution is -2.41. The Hall–Kier alpha value is -2.74. The number of aromatic nitrogens is 2. The van der Waals surface area contributed by atoms with Crippen LogP contribution < -0.4 is 15.8 Å². The third-order valence-electron chi connectivity index (χ3n) is 6.91. The topological polar surface area (TPSA) is 94.9 Å². The predicted octanol–water partition coefficient (Wildman–Crippen LogP) is 4.28. The third kappa shape index (κ3) is 10.2. The van der Waals surface area contributed by atoms with Crippen molar-refractivity contribution in [2.45, 2.75) is 76.5 Å². The molecule has 1 N–H and O–H groups in total. The maximum Gasteiger partial charge on any atom is 0.423 e. The summed E-state index contributed by atoms with van der Waals surface area (Å²) in [4.78, 5) is 26.4. The molecule has 0 radical (unpaired) electrons. The highest BCUT2D eigenvalue weighted by molar-refractivity contribution is 6.76. The Balaban J connectivity index is 1.67. The molecular formula is C28H41F3N4O5Si. The van der Waals surface area contributed by atoms with Gasteiger partial charge in [0.1, 0.15) is 12.3 Å². The summed E-state index contributed by atoms with van der Waals surface area (Å²) in [5.74, 6) is -0.396. The Morgan fingerprint density at radius 1 is 1.20 bits per heavy atom. The van der Waals surface area contributed by atoms with Crippen molar-refractivity contribution in [3.8, 4) is 0 Å². The van der Waals surface area contributed by atoms with Gasteiger partial charge in [-0.25, -0.2) is 4.68 Å². The summed E-state index contributed by atoms with van der Waals surface area (Å²) in [5, 5.41) is 7.31. The van der Waals surface area contributed by atoms with Crippen molar-refractivity contribution in [1.29, 1.82) is 0 Å². The summed E-state index contributed by atoms with van der Waals surface area (Å²) >= 11 is 0. The van der Waals surface area contributed by atoms with E-state index in [4.69, 9.17) is 14.2 Å². The Kier molecular flexibility index (Phi) is 11.9. The van der Waals surface area contributed by atoms with Crippen molar-refractivity contribution in [1.82, 2.24) is 15.1 Å². The number of ether oxygens (including phenoxy) is 3. The van der Waals surface area contributed by atoms with Crippen molar-refractivity contribution >= 4 is 19.7 Å². The summed E-state index contributed by atoms with van der Waals surface area (Å²) in [6, 6.07) is 9.76. The number of hydrogen-bond donors (Lipinski definition) is 1. The molecule has 2 atom stereocenters. The number of nitrogens with zero attached hydrogens (tertiary/aromatic N) is 3. The fraction of sp³-hybridized carbons (Fsp3) is 0.607. The van der Waals surface area contributed by atoms with Gasteiger partial charge < -0.3 is 24.4 Å². The van der Waals surface area contributed by atoms with E-state index < -0.39 is 31.3 Å². The molecule has 0 aliphatic carbocycles. The van der Waals surface area contributed by atoms with Crippen LogP contribution in [0.15, 0.2) is 41.3 Å². The second-order valence-corrected chi connectivity index (χ2v) is 17.0. The van der Waals surface area contributed by atoms with E-state index in [9.17, 15) is 22.8 Å². The summed E-state index contributed by atoms with van der Waals surface area (Å²) in [7, 11) is -0.0786. The first-order valence-electron chi connectivity index (χ1n) is 13.8. The molecular weight excluding hydrogens is 557 g/mol. The van der Waals surface area contributed by atoms with Crippen LogP contribution >= 0.6 is 0 Å². The molecule has 2 aromatic rings. The van der Waals surface area contributed by atoms with Gasteiger partial charge in [-0.15, -0.1) is 0 Å². The first-order chi connectivity index (χ1) is 19.4. The highest BCUT2D eigenvalue weighted by Gasteiger charge is 2.41. The maximum atomic E-state index is 14.2. The fourth-order valence-corrected chi connectivity index (χ4v) is 5.35. The van der Waals surface area contributed by atoms with Crippen molar-refractivity contribution in [2.24, 2.45) is 0 Å². The number of alkyl halides is 3. The molecule has 1 saturated heterocycles. The van der Waals surface area contributed by atoms with E-state index in [0.29, 0.717) is 32.5 Å². The van der Waals surface area contributed by atoms with E-state index in [-0.39, 0.29) is 44.1 Å². The Morgan fingerprint density at radius 3 is 2.59 bits per heavy atom. The number of nitrogens with one attached hydrogen (secondary N) is 1. The average Bonchev–Trinajstić information content (AvgIpc) is 3.37. The number of carbonyl (C=O) groups excluding carboxylic acids is 1. The summed E-state index contributed by atoms with van der Waals surface area (Å²) in [6.07, 6.45) is -2.44. The van der Waals surface area contributed by atoms with Crippen LogP contribution in [-0.4, -0.2) is 69.4 Å². The number of esters is 1. The Labute approximate surface area is 240 Å². The zero-order valence-electron chi connectivity index (χ0n) is 24.2. The molecule has 2 heterocycles. The number of rotatable bonds is 15. The van der Waals surface area contributed by atoms with E-state index in [1.165, 1.54) is 7.11 Å². The maximum absolute atomic E-state index is 14.2. The van der Waals surface area contributed by atoms with E-state index in [1.807, 2.05) is 30.3 Å². The molecule has 41 heavy (non-hydrogen) atoms. The lowest BCUT2D eigenvalue weighted by molar-refractivity contribution is -0.141. The Bertz CT molecular complexity index is 1170. The Morgan fingerprint density at radius 2 is 1.93 bits per heavy atom. The first-order valence-corrected chi connectivity index (χ1v) is 17.5. The van der Waals surface area contributed by atoms with Crippen LogP contribution in [0.25, 0.3) is 0 Å². The number of hydrogen-bond acceptors (Lipinski definition) is 8. The van der Waals surface area contributed by atoms with Gasteiger partial charge in [0.2, 0.25) is 0 Å². The second-order valence-electron chi connectivity index (χ2n) is 11.4. The molecule has 1 aromatic heterocycles. The highest BCUT2D eigenvalue weighted by atomic mass is 28.3. The van der Waals surface area contributed by atoms with Gasteiger partial charge in [-0.3, -0.25) is 9.59 Å². The number of carbonyl (C=O) groups is 1. The minimum atomic E-state index is -4.86. The molecule has 1 aliphatic heterocycles. The van der Waals surface area contributed by atoms with Gasteiger partial charge in [0, 0.05) is 33.8 Å². The predicted molar refractivity (Wildman–Crippen MR) is 152 cm³/mol. The van der Waals surface area contributed by atoms with Crippen molar-refractivity contribution < 1.29 is 32.2 Å². The summed E-state index contributed by atoms with van der Waals surface area (Å²) < 4.78 is 59.4. The van der Waals surface area contributed by atoms with Crippen LogP contribution in [0.3, 0.4) is 0 Å². The van der Waals surface area contributed by atoms with Crippen LogP contribution in [0.2, 0.25) is 25.7 Å². The quantitative estimate of drug-likeness (QED) is 0.185. The molecule has 9 nitrogen and oxygen atoms in total. The van der Waals surface area contributed by atoms with Crippen molar-refractivity contribution in [3.63, 3.8) is 0 Å². The van der Waals surface area contributed by atoms with Crippen molar-refractivity contribution in [2.75, 3.05) is 38.4 Å². The summed E-state index contributed by atoms with van der Waals surface area (Å²) in [6.45, 7) is 7.65. The number of halogens is 3. The molecule has 228 valence electrons. The van der Waals surface area contributed by atoms with Gasteiger partial charge >= 0.3 is 12.1 Å². The highest BCUT2D eigenvalue weighted by Crippen LogP contribution is 2.36. The smallest absolute Gasteiger partial charge is 0.423 e. The lowest BCUT2D eigenvalue weighted by atomic mass is 10.1. The third-order valence-corrected chi connectivity index (χ3v) is 8.62. The molecule has 13 heteroatoms. The minimum absolute atomic E-state index is 0.0814. The van der Waals surface area contributed by atoms with E-state index in [1.54, 1.807) is 4.90 Å². The molecule has 0 saturated carbocycles.